The molecular weight excluding hydrogens is 346 g/mol. The third-order valence-electron chi connectivity index (χ3n) is 5.44. The fourth-order valence-electron chi connectivity index (χ4n) is 4.46. The van der Waals surface area contributed by atoms with E-state index in [0.29, 0.717) is 0 Å². The number of hydrogen-bond donors (Lipinski definition) is 0. The zero-order valence-electron chi connectivity index (χ0n) is 15.1. The topological polar surface area (TPSA) is 0 Å². The van der Waals surface area contributed by atoms with Crippen molar-refractivity contribution in [2.75, 3.05) is 0 Å². The number of halogens is 4. The van der Waals surface area contributed by atoms with Gasteiger partial charge in [0.15, 0.2) is 0 Å². The van der Waals surface area contributed by atoms with Gasteiger partial charge in [0.2, 0.25) is 0 Å². The summed E-state index contributed by atoms with van der Waals surface area (Å²) in [5, 5.41) is 1.76. The summed E-state index contributed by atoms with van der Waals surface area (Å²) in [6, 6.07) is 9.56. The molecule has 1 aromatic carbocycles. The van der Waals surface area contributed by atoms with Crippen LogP contribution in [0.5, 0.6) is 0 Å². The summed E-state index contributed by atoms with van der Waals surface area (Å²) in [5.74, 6) is 0. The maximum Gasteiger partial charge on any atom is 0.673 e. The van der Waals surface area contributed by atoms with Crippen LogP contribution in [0.3, 0.4) is 0 Å². The molecule has 2 fully saturated rings. The van der Waals surface area contributed by atoms with E-state index in [1.54, 1.807) is 5.30 Å². The third-order valence-corrected chi connectivity index (χ3v) is 9.33. The second-order valence-electron chi connectivity index (χ2n) is 7.49. The highest BCUT2D eigenvalue weighted by molar-refractivity contribution is 7.67. The Bertz CT molecular complexity index is 484. The number of hydrogen-bond acceptors (Lipinski definition) is 0. The van der Waals surface area contributed by atoms with Crippen LogP contribution in [0.1, 0.15) is 69.8 Å². The van der Waals surface area contributed by atoms with Gasteiger partial charge < -0.3 is 17.3 Å². The first-order valence-corrected chi connectivity index (χ1v) is 11.3. The van der Waals surface area contributed by atoms with Gasteiger partial charge in [-0.3, -0.25) is 0 Å². The van der Waals surface area contributed by atoms with Gasteiger partial charge in [-0.25, -0.2) is 0 Å². The predicted molar refractivity (Wildman–Crippen MR) is 103 cm³/mol. The lowest BCUT2D eigenvalue weighted by Gasteiger charge is -2.32. The Morgan fingerprint density at radius 3 is 1.64 bits per heavy atom. The van der Waals surface area contributed by atoms with E-state index in [-0.39, 0.29) is 7.92 Å². The van der Waals surface area contributed by atoms with E-state index in [1.165, 1.54) is 69.8 Å². The van der Waals surface area contributed by atoms with E-state index in [1.807, 2.05) is 0 Å². The van der Waals surface area contributed by atoms with Gasteiger partial charge in [-0.05, 0) is 76.0 Å². The van der Waals surface area contributed by atoms with Crippen LogP contribution < -0.4 is 5.30 Å². The zero-order chi connectivity index (χ0) is 18.3. The first-order chi connectivity index (χ1) is 11.8. The molecule has 6 heteroatoms. The smallest absolute Gasteiger partial charge is 0.418 e. The van der Waals surface area contributed by atoms with Gasteiger partial charge >= 0.3 is 7.25 Å². The van der Waals surface area contributed by atoms with Crippen molar-refractivity contribution in [3.05, 3.63) is 29.8 Å². The average Bonchev–Trinajstić information content (AvgIpc) is 2.56. The van der Waals surface area contributed by atoms with Gasteiger partial charge in [0, 0.05) is 7.92 Å². The summed E-state index contributed by atoms with van der Waals surface area (Å²) in [4.78, 5) is 0. The van der Waals surface area contributed by atoms with Crippen LogP contribution >= 0.6 is 7.92 Å². The molecular formula is C19H30BF4P. The van der Waals surface area contributed by atoms with Crippen LogP contribution in [0.25, 0.3) is 0 Å². The second-order valence-corrected chi connectivity index (χ2v) is 10.6. The predicted octanol–water partition coefficient (Wildman–Crippen LogP) is 6.80. The Balaban J connectivity index is 0.000000399. The van der Waals surface area contributed by atoms with Gasteiger partial charge in [-0.15, -0.1) is 0 Å². The summed E-state index contributed by atoms with van der Waals surface area (Å²) >= 11 is 0. The highest BCUT2D eigenvalue weighted by Crippen LogP contribution is 2.54. The Kier molecular flexibility index (Phi) is 8.25. The molecule has 0 atom stereocenters. The Hall–Kier alpha value is -0.565. The molecule has 0 unspecified atom stereocenters. The van der Waals surface area contributed by atoms with Crippen LogP contribution in [0.15, 0.2) is 24.3 Å². The number of benzene rings is 1. The highest BCUT2D eigenvalue weighted by atomic mass is 31.1. The van der Waals surface area contributed by atoms with Gasteiger partial charge in [-0.2, -0.15) is 0 Å². The number of rotatable bonds is 3. The van der Waals surface area contributed by atoms with Gasteiger partial charge in [-0.1, -0.05) is 25.0 Å². The quantitative estimate of drug-likeness (QED) is 0.309. The molecule has 0 aromatic heterocycles. The average molecular weight is 376 g/mol. The molecule has 2 aliphatic carbocycles. The van der Waals surface area contributed by atoms with Crippen molar-refractivity contribution in [3.63, 3.8) is 0 Å². The number of aryl methyl sites for hydroxylation is 1. The van der Waals surface area contributed by atoms with Crippen molar-refractivity contribution < 1.29 is 17.3 Å². The summed E-state index contributed by atoms with van der Waals surface area (Å²) in [7, 11) is -6.35. The standard InChI is InChI=1S/C19H29P.BF4/c1-16-9-8-14-19(15-16)20(17-10-4-2-5-11-17)18-12-6-3-7-13-18;2-1(3,4)5/h8-9,14-15,17-18H,2-7,10-13H2,1H3;/q;-1/p+1. The minimum Gasteiger partial charge on any atom is -0.418 e. The Labute approximate surface area is 150 Å². The Morgan fingerprint density at radius 2 is 1.24 bits per heavy atom. The largest absolute Gasteiger partial charge is 0.673 e. The van der Waals surface area contributed by atoms with Gasteiger partial charge in [0.1, 0.15) is 0 Å². The summed E-state index contributed by atoms with van der Waals surface area (Å²) in [5.41, 5.74) is 3.61. The van der Waals surface area contributed by atoms with E-state index in [2.05, 4.69) is 31.2 Å². The molecule has 0 spiro atoms. The maximum absolute atomic E-state index is 9.75. The third kappa shape index (κ3) is 7.68. The molecule has 0 heterocycles. The molecule has 0 nitrogen and oxygen atoms in total. The van der Waals surface area contributed by atoms with E-state index >= 15 is 0 Å². The van der Waals surface area contributed by atoms with E-state index in [9.17, 15) is 17.3 Å². The maximum atomic E-state index is 9.75. The fourth-order valence-corrected chi connectivity index (χ4v) is 8.81. The zero-order valence-corrected chi connectivity index (χ0v) is 16.1. The molecule has 0 amide bonds. The normalized spacial score (nSPS) is 20.2. The monoisotopic (exact) mass is 376 g/mol. The highest BCUT2D eigenvalue weighted by Gasteiger charge is 2.38. The lowest BCUT2D eigenvalue weighted by molar-refractivity contribution is 0.368. The molecule has 2 saturated carbocycles. The lowest BCUT2D eigenvalue weighted by atomic mass is 9.99. The Morgan fingerprint density at radius 1 is 0.800 bits per heavy atom. The van der Waals surface area contributed by atoms with Crippen molar-refractivity contribution in [2.24, 2.45) is 0 Å². The molecule has 0 saturated heterocycles. The van der Waals surface area contributed by atoms with Crippen molar-refractivity contribution in [3.8, 4) is 0 Å². The van der Waals surface area contributed by atoms with Crippen molar-refractivity contribution in [1.29, 1.82) is 0 Å². The molecule has 25 heavy (non-hydrogen) atoms. The first-order valence-electron chi connectivity index (χ1n) is 9.65. The van der Waals surface area contributed by atoms with Crippen molar-refractivity contribution in [1.82, 2.24) is 0 Å². The van der Waals surface area contributed by atoms with Gasteiger partial charge in [0.05, 0.1) is 16.6 Å². The van der Waals surface area contributed by atoms with Crippen LogP contribution in [0.2, 0.25) is 0 Å². The second kappa shape index (κ2) is 9.95. The molecule has 2 aliphatic rings. The van der Waals surface area contributed by atoms with Gasteiger partial charge in [0.25, 0.3) is 0 Å². The minimum absolute atomic E-state index is 0.346. The van der Waals surface area contributed by atoms with Crippen LogP contribution in [-0.2, 0) is 0 Å². The molecule has 0 bridgehead atoms. The minimum atomic E-state index is -6.00. The summed E-state index contributed by atoms with van der Waals surface area (Å²) in [6.07, 6.45) is 15.1. The van der Waals surface area contributed by atoms with E-state index < -0.39 is 7.25 Å². The first kappa shape index (κ1) is 20.7. The lowest BCUT2D eigenvalue weighted by Crippen LogP contribution is -2.26. The van der Waals surface area contributed by atoms with Crippen LogP contribution in [0, 0.1) is 6.92 Å². The van der Waals surface area contributed by atoms with Crippen molar-refractivity contribution >= 4 is 20.5 Å². The molecule has 1 aromatic rings. The van der Waals surface area contributed by atoms with Crippen molar-refractivity contribution in [2.45, 2.75) is 82.4 Å². The van der Waals surface area contributed by atoms with Crippen LogP contribution in [0.4, 0.5) is 17.3 Å². The summed E-state index contributed by atoms with van der Waals surface area (Å²) in [6.45, 7) is 2.27. The molecule has 3 rings (SSSR count). The van der Waals surface area contributed by atoms with E-state index in [4.69, 9.17) is 0 Å². The molecule has 0 aliphatic heterocycles. The fraction of sp³-hybridized carbons (Fsp3) is 0.684. The molecule has 0 N–H and O–H groups in total. The molecule has 142 valence electrons. The SMILES string of the molecule is Cc1cccc([PH+](C2CCCCC2)C2CCCCC2)c1.F[B-](F)(F)F. The van der Waals surface area contributed by atoms with Crippen LogP contribution in [-0.4, -0.2) is 18.6 Å². The summed E-state index contributed by atoms with van der Waals surface area (Å²) < 4.78 is 39.0. The molecule has 0 radical (unpaired) electrons. The van der Waals surface area contributed by atoms with E-state index in [0.717, 1.165) is 11.3 Å².